The summed E-state index contributed by atoms with van der Waals surface area (Å²) in [6.07, 6.45) is 0. The summed E-state index contributed by atoms with van der Waals surface area (Å²) in [6, 6.07) is 10.7. The standard InChI is InChI=1S/C14H11BrCl2N2O/c15-10-4-5-11(13(17)12(10)16)19-7-8-2-1-3-9(6-8)14(18)20/h1-6,19H,7H2,(H2,18,20). The second kappa shape index (κ2) is 6.48. The highest BCUT2D eigenvalue weighted by molar-refractivity contribution is 9.10. The van der Waals surface area contributed by atoms with Crippen molar-refractivity contribution in [1.29, 1.82) is 0 Å². The van der Waals surface area contributed by atoms with Crippen LogP contribution in [-0.2, 0) is 6.54 Å². The third-order valence-corrected chi connectivity index (χ3v) is 4.50. The fourth-order valence-electron chi connectivity index (χ4n) is 1.69. The molecule has 0 saturated heterocycles. The highest BCUT2D eigenvalue weighted by Gasteiger charge is 2.08. The smallest absolute Gasteiger partial charge is 0.248 e. The summed E-state index contributed by atoms with van der Waals surface area (Å²) in [5.74, 6) is -0.448. The van der Waals surface area contributed by atoms with Crippen molar-refractivity contribution in [2.75, 3.05) is 5.32 Å². The number of nitrogens with one attached hydrogen (secondary N) is 1. The Balaban J connectivity index is 2.15. The number of benzene rings is 2. The highest BCUT2D eigenvalue weighted by Crippen LogP contribution is 2.35. The fourth-order valence-corrected chi connectivity index (χ4v) is 2.54. The second-order valence-electron chi connectivity index (χ2n) is 4.14. The van der Waals surface area contributed by atoms with Crippen molar-refractivity contribution in [3.63, 3.8) is 0 Å². The van der Waals surface area contributed by atoms with Crippen LogP contribution in [-0.4, -0.2) is 5.91 Å². The molecule has 0 radical (unpaired) electrons. The van der Waals surface area contributed by atoms with Gasteiger partial charge in [0, 0.05) is 16.6 Å². The molecule has 2 aromatic carbocycles. The SMILES string of the molecule is NC(=O)c1cccc(CNc2ccc(Br)c(Cl)c2Cl)c1. The Labute approximate surface area is 135 Å². The maximum absolute atomic E-state index is 11.1. The van der Waals surface area contributed by atoms with Gasteiger partial charge in [0.15, 0.2) is 0 Å². The quantitative estimate of drug-likeness (QED) is 0.777. The Morgan fingerprint density at radius 2 is 1.95 bits per heavy atom. The van der Waals surface area contributed by atoms with Gasteiger partial charge in [-0.05, 0) is 45.8 Å². The average molecular weight is 374 g/mol. The molecule has 0 aliphatic rings. The number of hydrogen-bond acceptors (Lipinski definition) is 2. The summed E-state index contributed by atoms with van der Waals surface area (Å²) in [5, 5.41) is 4.09. The van der Waals surface area contributed by atoms with E-state index in [1.54, 1.807) is 18.2 Å². The Hall–Kier alpha value is -1.23. The minimum absolute atomic E-state index is 0.448. The molecule has 0 saturated carbocycles. The van der Waals surface area contributed by atoms with Crippen LogP contribution in [0.15, 0.2) is 40.9 Å². The Morgan fingerprint density at radius 1 is 1.20 bits per heavy atom. The van der Waals surface area contributed by atoms with Crippen molar-refractivity contribution >= 4 is 50.7 Å². The number of carbonyl (C=O) groups is 1. The third-order valence-electron chi connectivity index (χ3n) is 2.73. The summed E-state index contributed by atoms with van der Waals surface area (Å²) in [6.45, 7) is 0.513. The van der Waals surface area contributed by atoms with Crippen LogP contribution in [0.25, 0.3) is 0 Å². The number of primary amides is 1. The lowest BCUT2D eigenvalue weighted by Gasteiger charge is -2.11. The molecule has 104 valence electrons. The van der Waals surface area contributed by atoms with Crippen LogP contribution in [0, 0.1) is 0 Å². The molecule has 0 aliphatic heterocycles. The van der Waals surface area contributed by atoms with Gasteiger partial charge in [-0.3, -0.25) is 4.79 Å². The highest BCUT2D eigenvalue weighted by atomic mass is 79.9. The second-order valence-corrected chi connectivity index (χ2v) is 5.75. The maximum Gasteiger partial charge on any atom is 0.248 e. The predicted molar refractivity (Wildman–Crippen MR) is 86.4 cm³/mol. The van der Waals surface area contributed by atoms with Gasteiger partial charge in [0.1, 0.15) is 0 Å². The molecule has 0 aromatic heterocycles. The predicted octanol–water partition coefficient (Wildman–Crippen LogP) is 4.47. The van der Waals surface area contributed by atoms with E-state index in [2.05, 4.69) is 21.2 Å². The summed E-state index contributed by atoms with van der Waals surface area (Å²) in [4.78, 5) is 11.1. The Bertz CT molecular complexity index is 662. The largest absolute Gasteiger partial charge is 0.380 e. The molecular weight excluding hydrogens is 363 g/mol. The van der Waals surface area contributed by atoms with Crippen LogP contribution < -0.4 is 11.1 Å². The van der Waals surface area contributed by atoms with E-state index in [0.717, 1.165) is 15.7 Å². The van der Waals surface area contributed by atoms with Gasteiger partial charge in [-0.25, -0.2) is 0 Å². The zero-order valence-electron chi connectivity index (χ0n) is 10.3. The third kappa shape index (κ3) is 3.45. The lowest BCUT2D eigenvalue weighted by Crippen LogP contribution is -2.11. The minimum Gasteiger partial charge on any atom is -0.380 e. The number of rotatable bonds is 4. The van der Waals surface area contributed by atoms with Gasteiger partial charge in [-0.1, -0.05) is 35.3 Å². The summed E-state index contributed by atoms with van der Waals surface area (Å²) < 4.78 is 0.741. The Morgan fingerprint density at radius 3 is 2.65 bits per heavy atom. The molecule has 0 fully saturated rings. The molecule has 1 amide bonds. The molecule has 0 aliphatic carbocycles. The van der Waals surface area contributed by atoms with Gasteiger partial charge in [0.05, 0.1) is 15.7 Å². The van der Waals surface area contributed by atoms with Gasteiger partial charge in [-0.2, -0.15) is 0 Å². The lowest BCUT2D eigenvalue weighted by molar-refractivity contribution is 0.1000. The van der Waals surface area contributed by atoms with Crippen LogP contribution in [0.4, 0.5) is 5.69 Å². The van der Waals surface area contributed by atoms with E-state index in [9.17, 15) is 4.79 Å². The number of amides is 1. The first-order valence-electron chi connectivity index (χ1n) is 5.75. The van der Waals surface area contributed by atoms with Gasteiger partial charge in [0.2, 0.25) is 5.91 Å². The first-order chi connectivity index (χ1) is 9.49. The van der Waals surface area contributed by atoms with E-state index in [4.69, 9.17) is 28.9 Å². The first-order valence-corrected chi connectivity index (χ1v) is 7.30. The number of halogens is 3. The summed E-state index contributed by atoms with van der Waals surface area (Å²) in [5.41, 5.74) is 7.38. The topological polar surface area (TPSA) is 55.1 Å². The molecule has 0 unspecified atom stereocenters. The molecule has 0 heterocycles. The molecule has 0 atom stereocenters. The van der Waals surface area contributed by atoms with Gasteiger partial charge in [0.25, 0.3) is 0 Å². The molecule has 3 N–H and O–H groups in total. The van der Waals surface area contributed by atoms with E-state index in [1.165, 1.54) is 0 Å². The monoisotopic (exact) mass is 372 g/mol. The van der Waals surface area contributed by atoms with E-state index in [-0.39, 0.29) is 0 Å². The van der Waals surface area contributed by atoms with Crippen molar-refractivity contribution in [2.24, 2.45) is 5.73 Å². The van der Waals surface area contributed by atoms with Crippen LogP contribution in [0.5, 0.6) is 0 Å². The lowest BCUT2D eigenvalue weighted by atomic mass is 10.1. The van der Waals surface area contributed by atoms with Crippen LogP contribution in [0.2, 0.25) is 10.0 Å². The molecular formula is C14H11BrCl2N2O. The number of hydrogen-bond donors (Lipinski definition) is 2. The zero-order valence-corrected chi connectivity index (χ0v) is 13.4. The maximum atomic E-state index is 11.1. The average Bonchev–Trinajstić information content (AvgIpc) is 2.44. The zero-order chi connectivity index (χ0) is 14.7. The van der Waals surface area contributed by atoms with E-state index in [0.29, 0.717) is 22.2 Å². The summed E-state index contributed by atoms with van der Waals surface area (Å²) >= 11 is 15.5. The normalized spacial score (nSPS) is 10.3. The number of carbonyl (C=O) groups excluding carboxylic acids is 1. The van der Waals surface area contributed by atoms with Crippen molar-refractivity contribution in [3.8, 4) is 0 Å². The van der Waals surface area contributed by atoms with Crippen molar-refractivity contribution in [2.45, 2.75) is 6.54 Å². The van der Waals surface area contributed by atoms with Crippen LogP contribution in [0.1, 0.15) is 15.9 Å². The molecule has 20 heavy (non-hydrogen) atoms. The van der Waals surface area contributed by atoms with E-state index in [1.807, 2.05) is 18.2 Å². The van der Waals surface area contributed by atoms with Gasteiger partial charge < -0.3 is 11.1 Å². The molecule has 2 aromatic rings. The van der Waals surface area contributed by atoms with Crippen molar-refractivity contribution in [1.82, 2.24) is 0 Å². The van der Waals surface area contributed by atoms with Crippen LogP contribution in [0.3, 0.4) is 0 Å². The molecule has 2 rings (SSSR count). The molecule has 6 heteroatoms. The van der Waals surface area contributed by atoms with Crippen molar-refractivity contribution in [3.05, 3.63) is 62.0 Å². The van der Waals surface area contributed by atoms with Crippen LogP contribution >= 0.6 is 39.1 Å². The summed E-state index contributed by atoms with van der Waals surface area (Å²) in [7, 11) is 0. The molecule has 3 nitrogen and oxygen atoms in total. The first kappa shape index (κ1) is 15.2. The van der Waals surface area contributed by atoms with E-state index >= 15 is 0 Å². The Kier molecular flexibility index (Phi) is 4.91. The van der Waals surface area contributed by atoms with E-state index < -0.39 is 5.91 Å². The molecule has 0 bridgehead atoms. The van der Waals surface area contributed by atoms with Gasteiger partial charge >= 0.3 is 0 Å². The number of anilines is 1. The fraction of sp³-hybridized carbons (Fsp3) is 0.0714. The van der Waals surface area contributed by atoms with Gasteiger partial charge in [-0.15, -0.1) is 0 Å². The van der Waals surface area contributed by atoms with Crippen molar-refractivity contribution < 1.29 is 4.79 Å². The minimum atomic E-state index is -0.448. The molecule has 0 spiro atoms. The number of nitrogens with two attached hydrogens (primary N) is 1.